The van der Waals surface area contributed by atoms with Crippen LogP contribution in [-0.2, 0) is 0 Å². The predicted molar refractivity (Wildman–Crippen MR) is 84.2 cm³/mol. The summed E-state index contributed by atoms with van der Waals surface area (Å²) in [5.41, 5.74) is 6.32. The van der Waals surface area contributed by atoms with Crippen molar-refractivity contribution in [2.24, 2.45) is 5.73 Å². The summed E-state index contributed by atoms with van der Waals surface area (Å²) in [6.07, 6.45) is 4.44. The van der Waals surface area contributed by atoms with Crippen LogP contribution in [0.5, 0.6) is 0 Å². The second kappa shape index (κ2) is 6.48. The Morgan fingerprint density at radius 1 is 1.32 bits per heavy atom. The van der Waals surface area contributed by atoms with E-state index in [1.165, 1.54) is 12.8 Å². The van der Waals surface area contributed by atoms with Crippen LogP contribution in [0.3, 0.4) is 0 Å². The minimum atomic E-state index is 0.0206. The van der Waals surface area contributed by atoms with Gasteiger partial charge in [0, 0.05) is 16.1 Å². The van der Waals surface area contributed by atoms with Crippen molar-refractivity contribution in [3.05, 3.63) is 34.3 Å². The molecule has 102 valence electrons. The van der Waals surface area contributed by atoms with E-state index < -0.39 is 0 Å². The molecule has 0 bridgehead atoms. The number of halogens is 1. The Morgan fingerprint density at radius 3 is 2.42 bits per heavy atom. The lowest BCUT2D eigenvalue weighted by Crippen LogP contribution is -2.43. The Bertz CT molecular complexity index is 469. The Morgan fingerprint density at radius 2 is 1.89 bits per heavy atom. The van der Waals surface area contributed by atoms with Crippen LogP contribution in [0.2, 0.25) is 0 Å². The van der Waals surface area contributed by atoms with Crippen LogP contribution in [-0.4, -0.2) is 28.4 Å². The average Bonchev–Trinajstić information content (AvgIpc) is 2.89. The molecule has 0 aliphatic heterocycles. The standard InChI is InChI=1S/C14H17BrN2OS/c15-11-7-5-10(6-8-11)14(18)17(9-13(16)19)12-3-1-2-4-12/h5-8,12H,1-4,9H2,(H2,16,19). The van der Waals surface area contributed by atoms with Crippen molar-refractivity contribution in [1.29, 1.82) is 0 Å². The maximum Gasteiger partial charge on any atom is 0.254 e. The van der Waals surface area contributed by atoms with Gasteiger partial charge < -0.3 is 10.6 Å². The zero-order valence-corrected chi connectivity index (χ0v) is 13.0. The monoisotopic (exact) mass is 340 g/mol. The highest BCUT2D eigenvalue weighted by Gasteiger charge is 2.27. The number of nitrogens with zero attached hydrogens (tertiary/aromatic N) is 1. The van der Waals surface area contributed by atoms with Gasteiger partial charge in [-0.25, -0.2) is 0 Å². The summed E-state index contributed by atoms with van der Waals surface area (Å²) in [6, 6.07) is 7.68. The van der Waals surface area contributed by atoms with Crippen LogP contribution < -0.4 is 5.73 Å². The molecule has 1 aromatic carbocycles. The maximum absolute atomic E-state index is 12.6. The van der Waals surface area contributed by atoms with Gasteiger partial charge in [-0.15, -0.1) is 0 Å². The van der Waals surface area contributed by atoms with Crippen LogP contribution in [0.1, 0.15) is 36.0 Å². The van der Waals surface area contributed by atoms with Crippen molar-refractivity contribution in [1.82, 2.24) is 4.90 Å². The molecule has 0 atom stereocenters. The fourth-order valence-electron chi connectivity index (χ4n) is 2.51. The topological polar surface area (TPSA) is 46.3 Å². The van der Waals surface area contributed by atoms with E-state index in [1.54, 1.807) is 0 Å². The predicted octanol–water partition coefficient (Wildman–Crippen LogP) is 3.12. The molecule has 0 spiro atoms. The number of amides is 1. The van der Waals surface area contributed by atoms with Crippen molar-refractivity contribution >= 4 is 39.0 Å². The summed E-state index contributed by atoms with van der Waals surface area (Å²) in [7, 11) is 0. The number of benzene rings is 1. The molecule has 0 aromatic heterocycles. The number of nitrogens with two attached hydrogens (primary N) is 1. The van der Waals surface area contributed by atoms with Gasteiger partial charge in [0.05, 0.1) is 11.5 Å². The maximum atomic E-state index is 12.6. The summed E-state index contributed by atoms with van der Waals surface area (Å²) < 4.78 is 0.964. The second-order valence-electron chi connectivity index (χ2n) is 4.84. The SMILES string of the molecule is NC(=S)CN(C(=O)c1ccc(Br)cc1)C1CCCC1. The van der Waals surface area contributed by atoms with Crippen LogP contribution in [0.25, 0.3) is 0 Å². The molecule has 1 amide bonds. The molecule has 2 rings (SSSR count). The van der Waals surface area contributed by atoms with E-state index in [9.17, 15) is 4.79 Å². The van der Waals surface area contributed by atoms with Gasteiger partial charge in [0.1, 0.15) is 0 Å². The number of hydrogen-bond acceptors (Lipinski definition) is 2. The lowest BCUT2D eigenvalue weighted by molar-refractivity contribution is 0.0714. The van der Waals surface area contributed by atoms with E-state index in [0.717, 1.165) is 17.3 Å². The fraction of sp³-hybridized carbons (Fsp3) is 0.429. The first kappa shape index (κ1) is 14.5. The third-order valence-electron chi connectivity index (χ3n) is 3.44. The van der Waals surface area contributed by atoms with Crippen molar-refractivity contribution < 1.29 is 4.79 Å². The number of rotatable bonds is 4. The normalized spacial score (nSPS) is 15.4. The Labute approximate surface area is 127 Å². The summed E-state index contributed by atoms with van der Waals surface area (Å²) in [5, 5.41) is 0. The van der Waals surface area contributed by atoms with E-state index >= 15 is 0 Å². The van der Waals surface area contributed by atoms with E-state index in [1.807, 2.05) is 29.2 Å². The van der Waals surface area contributed by atoms with Gasteiger partial charge >= 0.3 is 0 Å². The molecule has 5 heteroatoms. The van der Waals surface area contributed by atoms with Gasteiger partial charge in [0.25, 0.3) is 5.91 Å². The van der Waals surface area contributed by atoms with E-state index in [0.29, 0.717) is 17.1 Å². The smallest absolute Gasteiger partial charge is 0.254 e. The van der Waals surface area contributed by atoms with E-state index in [2.05, 4.69) is 15.9 Å². The Balaban J connectivity index is 2.18. The van der Waals surface area contributed by atoms with Gasteiger partial charge in [0.15, 0.2) is 0 Å². The van der Waals surface area contributed by atoms with E-state index in [-0.39, 0.29) is 11.9 Å². The summed E-state index contributed by atoms with van der Waals surface area (Å²) in [6.45, 7) is 0.370. The van der Waals surface area contributed by atoms with Crippen molar-refractivity contribution in [2.45, 2.75) is 31.7 Å². The van der Waals surface area contributed by atoms with Crippen LogP contribution in [0.15, 0.2) is 28.7 Å². The largest absolute Gasteiger partial charge is 0.392 e. The molecule has 1 aromatic rings. The molecule has 3 nitrogen and oxygen atoms in total. The first-order valence-corrected chi connectivity index (χ1v) is 7.63. The highest BCUT2D eigenvalue weighted by atomic mass is 79.9. The third-order valence-corrected chi connectivity index (χ3v) is 4.10. The molecular weight excluding hydrogens is 324 g/mol. The number of thiocarbonyl (C=S) groups is 1. The molecule has 0 unspecified atom stereocenters. The van der Waals surface area contributed by atoms with Crippen LogP contribution in [0.4, 0.5) is 0 Å². The van der Waals surface area contributed by atoms with Gasteiger partial charge in [-0.05, 0) is 37.1 Å². The van der Waals surface area contributed by atoms with Crippen molar-refractivity contribution in [3.8, 4) is 0 Å². The van der Waals surface area contributed by atoms with Crippen molar-refractivity contribution in [3.63, 3.8) is 0 Å². The first-order chi connectivity index (χ1) is 9.08. The molecule has 1 aliphatic rings. The summed E-state index contributed by atoms with van der Waals surface area (Å²) >= 11 is 8.35. The average molecular weight is 341 g/mol. The minimum Gasteiger partial charge on any atom is -0.392 e. The number of hydrogen-bond donors (Lipinski definition) is 1. The van der Waals surface area contributed by atoms with Crippen molar-refractivity contribution in [2.75, 3.05) is 6.54 Å². The molecule has 0 radical (unpaired) electrons. The molecule has 0 heterocycles. The third kappa shape index (κ3) is 3.76. The molecule has 19 heavy (non-hydrogen) atoms. The molecule has 1 aliphatic carbocycles. The second-order valence-corrected chi connectivity index (χ2v) is 6.28. The number of carbonyl (C=O) groups is 1. The van der Waals surface area contributed by atoms with E-state index in [4.69, 9.17) is 18.0 Å². The summed E-state index contributed by atoms with van der Waals surface area (Å²) in [4.78, 5) is 14.8. The lowest BCUT2D eigenvalue weighted by Gasteiger charge is -2.28. The lowest BCUT2D eigenvalue weighted by atomic mass is 10.1. The molecule has 2 N–H and O–H groups in total. The number of carbonyl (C=O) groups excluding carboxylic acids is 1. The van der Waals surface area contributed by atoms with Gasteiger partial charge in [-0.1, -0.05) is 41.0 Å². The zero-order chi connectivity index (χ0) is 13.8. The Kier molecular flexibility index (Phi) is 4.93. The fourth-order valence-corrected chi connectivity index (χ4v) is 2.91. The Hall–Kier alpha value is -0.940. The van der Waals surface area contributed by atoms with Gasteiger partial charge in [-0.3, -0.25) is 4.79 Å². The zero-order valence-electron chi connectivity index (χ0n) is 10.6. The summed E-state index contributed by atoms with van der Waals surface area (Å²) in [5.74, 6) is 0.0206. The molecule has 1 fully saturated rings. The highest BCUT2D eigenvalue weighted by molar-refractivity contribution is 9.10. The van der Waals surface area contributed by atoms with Crippen LogP contribution >= 0.6 is 28.1 Å². The highest BCUT2D eigenvalue weighted by Crippen LogP contribution is 2.25. The van der Waals surface area contributed by atoms with Gasteiger partial charge in [-0.2, -0.15) is 0 Å². The minimum absolute atomic E-state index is 0.0206. The molecule has 0 saturated heterocycles. The first-order valence-electron chi connectivity index (χ1n) is 6.43. The quantitative estimate of drug-likeness (QED) is 0.856. The van der Waals surface area contributed by atoms with Crippen LogP contribution in [0, 0.1) is 0 Å². The molecule has 1 saturated carbocycles. The molecular formula is C14H17BrN2OS. The van der Waals surface area contributed by atoms with Gasteiger partial charge in [0.2, 0.25) is 0 Å².